The summed E-state index contributed by atoms with van der Waals surface area (Å²) in [7, 11) is -2.37. The molecule has 1 saturated carbocycles. The topological polar surface area (TPSA) is 111 Å². The summed E-state index contributed by atoms with van der Waals surface area (Å²) in [5.41, 5.74) is 6.26. The molecule has 1 aliphatic carbocycles. The van der Waals surface area contributed by atoms with E-state index in [0.29, 0.717) is 25.7 Å². The van der Waals surface area contributed by atoms with Crippen LogP contribution in [-0.2, 0) is 14.8 Å². The number of carbonyl (C=O) groups excluding carboxylic acids is 1. The molecule has 1 aromatic carbocycles. The Morgan fingerprint density at radius 1 is 1.37 bits per heavy atom. The average Bonchev–Trinajstić information content (AvgIpc) is 3.51. The molecule has 2 aliphatic rings. The highest BCUT2D eigenvalue weighted by atomic mass is 35.5. The number of morpholine rings is 1. The van der Waals surface area contributed by atoms with E-state index in [1.54, 1.807) is 6.07 Å². The molecule has 2 fully saturated rings. The average molecular weight is 420 g/mol. The summed E-state index contributed by atoms with van der Waals surface area (Å²) in [6.07, 6.45) is 2.20. The lowest BCUT2D eigenvalue weighted by Crippen LogP contribution is -2.41. The first-order valence-electron chi connectivity index (χ1n) is 8.73. The second-order valence-corrected chi connectivity index (χ2v) is 8.50. The number of amides is 1. The SMILES string of the molecule is COc1ccc(C(=O)NCC(N)C2CC2)cc1S(=O)(=O)N1CCOCC1.Cl. The summed E-state index contributed by atoms with van der Waals surface area (Å²) < 4.78 is 37.7. The molecule has 1 amide bonds. The van der Waals surface area contributed by atoms with Gasteiger partial charge in [-0.1, -0.05) is 0 Å². The van der Waals surface area contributed by atoms with Gasteiger partial charge in [0.05, 0.1) is 20.3 Å². The van der Waals surface area contributed by atoms with E-state index in [4.69, 9.17) is 15.2 Å². The van der Waals surface area contributed by atoms with Gasteiger partial charge in [-0.2, -0.15) is 4.31 Å². The predicted molar refractivity (Wildman–Crippen MR) is 103 cm³/mol. The van der Waals surface area contributed by atoms with Crippen molar-refractivity contribution in [3.8, 4) is 5.75 Å². The molecule has 27 heavy (non-hydrogen) atoms. The van der Waals surface area contributed by atoms with Crippen LogP contribution in [0.2, 0.25) is 0 Å². The number of sulfonamides is 1. The highest BCUT2D eigenvalue weighted by Crippen LogP contribution is 2.31. The zero-order chi connectivity index (χ0) is 18.7. The van der Waals surface area contributed by atoms with E-state index in [2.05, 4.69) is 5.32 Å². The van der Waals surface area contributed by atoms with Gasteiger partial charge in [-0.25, -0.2) is 8.42 Å². The summed E-state index contributed by atoms with van der Waals surface area (Å²) in [5.74, 6) is 0.341. The lowest BCUT2D eigenvalue weighted by Gasteiger charge is -2.26. The minimum Gasteiger partial charge on any atom is -0.495 e. The monoisotopic (exact) mass is 419 g/mol. The van der Waals surface area contributed by atoms with Crippen molar-refractivity contribution in [2.75, 3.05) is 40.0 Å². The molecule has 1 atom stereocenters. The van der Waals surface area contributed by atoms with E-state index in [1.165, 1.54) is 23.5 Å². The van der Waals surface area contributed by atoms with Gasteiger partial charge in [0, 0.05) is 31.2 Å². The van der Waals surface area contributed by atoms with E-state index >= 15 is 0 Å². The fourth-order valence-electron chi connectivity index (χ4n) is 2.95. The Kier molecular flexibility index (Phi) is 7.47. The lowest BCUT2D eigenvalue weighted by molar-refractivity contribution is 0.0729. The fourth-order valence-corrected chi connectivity index (χ4v) is 4.54. The Hall–Kier alpha value is -1.39. The molecule has 1 aromatic rings. The van der Waals surface area contributed by atoms with Crippen LogP contribution in [0.25, 0.3) is 0 Å². The van der Waals surface area contributed by atoms with Gasteiger partial charge >= 0.3 is 0 Å². The first-order chi connectivity index (χ1) is 12.4. The molecule has 1 aliphatic heterocycles. The van der Waals surface area contributed by atoms with E-state index < -0.39 is 10.0 Å². The summed E-state index contributed by atoms with van der Waals surface area (Å²) in [6.45, 7) is 1.62. The maximum Gasteiger partial charge on any atom is 0.251 e. The Labute approximate surface area is 165 Å². The Morgan fingerprint density at radius 3 is 2.63 bits per heavy atom. The van der Waals surface area contributed by atoms with Crippen molar-refractivity contribution in [3.05, 3.63) is 23.8 Å². The minimum absolute atomic E-state index is 0. The van der Waals surface area contributed by atoms with E-state index in [1.807, 2.05) is 0 Å². The van der Waals surface area contributed by atoms with Gasteiger partial charge in [0.25, 0.3) is 5.91 Å². The van der Waals surface area contributed by atoms with Crippen molar-refractivity contribution in [1.82, 2.24) is 9.62 Å². The molecule has 0 aromatic heterocycles. The lowest BCUT2D eigenvalue weighted by atomic mass is 10.1. The number of nitrogens with zero attached hydrogens (tertiary/aromatic N) is 1. The molecule has 3 rings (SSSR count). The second kappa shape index (κ2) is 9.20. The maximum atomic E-state index is 12.9. The molecule has 1 unspecified atom stereocenters. The van der Waals surface area contributed by atoms with Crippen LogP contribution in [0.5, 0.6) is 5.75 Å². The molecule has 0 spiro atoms. The van der Waals surface area contributed by atoms with Crippen LogP contribution in [0.15, 0.2) is 23.1 Å². The number of nitrogens with two attached hydrogens (primary N) is 1. The van der Waals surface area contributed by atoms with E-state index in [9.17, 15) is 13.2 Å². The molecule has 1 heterocycles. The third-order valence-electron chi connectivity index (χ3n) is 4.74. The van der Waals surface area contributed by atoms with Crippen molar-refractivity contribution in [1.29, 1.82) is 0 Å². The van der Waals surface area contributed by atoms with Crippen molar-refractivity contribution >= 4 is 28.3 Å². The van der Waals surface area contributed by atoms with Crippen LogP contribution in [0.1, 0.15) is 23.2 Å². The smallest absolute Gasteiger partial charge is 0.251 e. The Balaban J connectivity index is 0.00000261. The van der Waals surface area contributed by atoms with Crippen molar-refractivity contribution in [2.45, 2.75) is 23.8 Å². The van der Waals surface area contributed by atoms with Gasteiger partial charge in [0.1, 0.15) is 10.6 Å². The zero-order valence-corrected chi connectivity index (χ0v) is 16.9. The van der Waals surface area contributed by atoms with Gasteiger partial charge in [-0.15, -0.1) is 12.4 Å². The van der Waals surface area contributed by atoms with E-state index in [0.717, 1.165) is 12.8 Å². The number of hydrogen-bond donors (Lipinski definition) is 2. The maximum absolute atomic E-state index is 12.9. The minimum atomic E-state index is -3.77. The normalized spacial score (nSPS) is 19.0. The largest absolute Gasteiger partial charge is 0.495 e. The summed E-state index contributed by atoms with van der Waals surface area (Å²) in [5, 5.41) is 2.78. The molecule has 1 saturated heterocycles. The van der Waals surface area contributed by atoms with Gasteiger partial charge < -0.3 is 20.5 Å². The number of halogens is 1. The predicted octanol–water partition coefficient (Wildman–Crippen LogP) is 0.605. The quantitative estimate of drug-likeness (QED) is 0.669. The Morgan fingerprint density at radius 2 is 2.04 bits per heavy atom. The van der Waals surface area contributed by atoms with Crippen LogP contribution in [0, 0.1) is 5.92 Å². The van der Waals surface area contributed by atoms with Crippen LogP contribution in [-0.4, -0.2) is 64.6 Å². The van der Waals surface area contributed by atoms with Crippen LogP contribution in [0.4, 0.5) is 0 Å². The first-order valence-corrected chi connectivity index (χ1v) is 10.2. The van der Waals surface area contributed by atoms with Gasteiger partial charge in [-0.3, -0.25) is 4.79 Å². The van der Waals surface area contributed by atoms with Gasteiger partial charge in [0.2, 0.25) is 10.0 Å². The van der Waals surface area contributed by atoms with Crippen molar-refractivity contribution in [2.24, 2.45) is 11.7 Å². The number of rotatable bonds is 7. The number of carbonyl (C=O) groups is 1. The second-order valence-electron chi connectivity index (χ2n) is 6.59. The zero-order valence-electron chi connectivity index (χ0n) is 15.2. The molecule has 10 heteroatoms. The standard InChI is InChI=1S/C17H25N3O5S.ClH/c1-24-15-5-4-13(17(21)19-11-14(18)12-2-3-12)10-16(15)26(22,23)20-6-8-25-9-7-20;/h4-5,10,12,14H,2-3,6-9,11,18H2,1H3,(H,19,21);1H. The summed E-state index contributed by atoms with van der Waals surface area (Å²) in [4.78, 5) is 12.4. The van der Waals surface area contributed by atoms with Crippen LogP contribution >= 0.6 is 12.4 Å². The number of benzene rings is 1. The number of nitrogens with one attached hydrogen (secondary N) is 1. The fraction of sp³-hybridized carbons (Fsp3) is 0.588. The highest BCUT2D eigenvalue weighted by molar-refractivity contribution is 7.89. The molecular weight excluding hydrogens is 394 g/mol. The van der Waals surface area contributed by atoms with Gasteiger partial charge in [0.15, 0.2) is 0 Å². The number of ether oxygens (including phenoxy) is 2. The van der Waals surface area contributed by atoms with Crippen molar-refractivity contribution in [3.63, 3.8) is 0 Å². The first kappa shape index (κ1) is 21.9. The molecular formula is C17H26ClN3O5S. The van der Waals surface area contributed by atoms with Crippen LogP contribution < -0.4 is 15.8 Å². The number of methoxy groups -OCH3 is 1. The van der Waals surface area contributed by atoms with E-state index in [-0.39, 0.29) is 53.7 Å². The Bertz CT molecular complexity index is 764. The van der Waals surface area contributed by atoms with Gasteiger partial charge in [-0.05, 0) is 37.0 Å². The highest BCUT2D eigenvalue weighted by Gasteiger charge is 2.31. The summed E-state index contributed by atoms with van der Waals surface area (Å²) in [6, 6.07) is 4.36. The van der Waals surface area contributed by atoms with Crippen molar-refractivity contribution < 1.29 is 22.7 Å². The third kappa shape index (κ3) is 5.11. The molecule has 3 N–H and O–H groups in total. The number of hydrogen-bond acceptors (Lipinski definition) is 6. The van der Waals surface area contributed by atoms with Crippen LogP contribution in [0.3, 0.4) is 0 Å². The molecule has 0 radical (unpaired) electrons. The third-order valence-corrected chi connectivity index (χ3v) is 6.66. The summed E-state index contributed by atoms with van der Waals surface area (Å²) >= 11 is 0. The molecule has 152 valence electrons. The molecule has 0 bridgehead atoms. The molecule has 8 nitrogen and oxygen atoms in total.